The lowest BCUT2D eigenvalue weighted by Gasteiger charge is -2.20. The van der Waals surface area contributed by atoms with E-state index < -0.39 is 13.9 Å². The monoisotopic (exact) mass is 690 g/mol. The van der Waals surface area contributed by atoms with Gasteiger partial charge in [0, 0.05) is 18.2 Å². The van der Waals surface area contributed by atoms with Crippen LogP contribution in [0.25, 0.3) is 0 Å². The first kappa shape index (κ1) is 39.0. The van der Waals surface area contributed by atoms with Crippen molar-refractivity contribution in [3.05, 3.63) is 70.7 Å². The number of phosphoric acid groups is 1. The van der Waals surface area contributed by atoms with Crippen molar-refractivity contribution in [2.24, 2.45) is 0 Å². The van der Waals surface area contributed by atoms with Crippen LogP contribution in [0.4, 0.5) is 0 Å². The molecular weight excluding hydrogens is 633 g/mol. The maximum atomic E-state index is 12.7. The summed E-state index contributed by atoms with van der Waals surface area (Å²) in [5, 5.41) is 1.99. The number of unbranched alkanes of at least 4 members (excludes halogenated alkanes) is 13. The Hall–Kier alpha value is -2.42. The standard InChI is InChI=1S/C37H56NO7PS/c1-4-5-6-7-8-9-10-11-12-13-14-15-16-17-25-42-36-22-19-23-37(32(36)2)43-29-35(41-3)30-44-46(39,40)45-34-21-18-20-33(27-34)28-38-24-26-47-31-38/h18-24,26-27,31,35H,4-17,25,28-30H2,1-3H3/p+1. The summed E-state index contributed by atoms with van der Waals surface area (Å²) in [4.78, 5) is 10.4. The molecule has 1 heterocycles. The molecule has 262 valence electrons. The minimum atomic E-state index is -4.38. The number of phosphoric ester groups is 1. The van der Waals surface area contributed by atoms with Gasteiger partial charge in [0.25, 0.3) is 0 Å². The van der Waals surface area contributed by atoms with Crippen molar-refractivity contribution in [3.63, 3.8) is 0 Å². The second-order valence-corrected chi connectivity index (χ2v) is 14.3. The molecule has 10 heteroatoms. The van der Waals surface area contributed by atoms with Crippen molar-refractivity contribution in [1.29, 1.82) is 0 Å². The first-order valence-electron chi connectivity index (χ1n) is 17.4. The Morgan fingerprint density at radius 1 is 0.830 bits per heavy atom. The molecule has 2 unspecified atom stereocenters. The van der Waals surface area contributed by atoms with Crippen LogP contribution in [-0.4, -0.2) is 37.9 Å². The molecule has 3 rings (SSSR count). The summed E-state index contributed by atoms with van der Waals surface area (Å²) in [6.07, 6.45) is 20.0. The molecule has 3 aromatic rings. The number of hydrogen-bond donors (Lipinski definition) is 1. The van der Waals surface area contributed by atoms with Crippen molar-refractivity contribution >= 4 is 19.2 Å². The van der Waals surface area contributed by atoms with E-state index >= 15 is 0 Å². The summed E-state index contributed by atoms with van der Waals surface area (Å²) < 4.78 is 42.8. The quantitative estimate of drug-likeness (QED) is 0.0484. The van der Waals surface area contributed by atoms with E-state index in [4.69, 9.17) is 23.3 Å². The van der Waals surface area contributed by atoms with E-state index in [0.29, 0.717) is 18.9 Å². The van der Waals surface area contributed by atoms with Gasteiger partial charge in [-0.05, 0) is 37.6 Å². The van der Waals surface area contributed by atoms with Gasteiger partial charge in [0.05, 0.1) is 18.6 Å². The predicted molar refractivity (Wildman–Crippen MR) is 190 cm³/mol. The number of rotatable bonds is 27. The van der Waals surface area contributed by atoms with E-state index in [9.17, 15) is 9.46 Å². The third-order valence-electron chi connectivity index (χ3n) is 8.18. The largest absolute Gasteiger partial charge is 0.527 e. The molecule has 8 nitrogen and oxygen atoms in total. The van der Waals surface area contributed by atoms with Crippen LogP contribution in [-0.2, 0) is 20.4 Å². The number of benzene rings is 2. The first-order valence-corrected chi connectivity index (χ1v) is 19.9. The fourth-order valence-electron chi connectivity index (χ4n) is 5.35. The van der Waals surface area contributed by atoms with Gasteiger partial charge in [0.1, 0.15) is 30.0 Å². The summed E-state index contributed by atoms with van der Waals surface area (Å²) in [5.74, 6) is 1.74. The fraction of sp³-hybridized carbons (Fsp3) is 0.595. The molecule has 1 N–H and O–H groups in total. The van der Waals surface area contributed by atoms with Crippen LogP contribution in [0, 0.1) is 6.92 Å². The minimum Gasteiger partial charge on any atom is -0.493 e. The molecule has 0 aliphatic carbocycles. The molecule has 0 bridgehead atoms. The summed E-state index contributed by atoms with van der Waals surface area (Å²) in [6.45, 7) is 5.50. The number of aromatic nitrogens is 1. The van der Waals surface area contributed by atoms with E-state index in [2.05, 4.69) is 6.92 Å². The zero-order valence-corrected chi connectivity index (χ0v) is 30.5. The Morgan fingerprint density at radius 2 is 1.45 bits per heavy atom. The third kappa shape index (κ3) is 16.5. The summed E-state index contributed by atoms with van der Waals surface area (Å²) in [7, 11) is -2.87. The van der Waals surface area contributed by atoms with Crippen molar-refractivity contribution < 1.29 is 37.3 Å². The van der Waals surface area contributed by atoms with E-state index in [1.165, 1.54) is 90.6 Å². The van der Waals surface area contributed by atoms with Gasteiger partial charge < -0.3 is 18.7 Å². The summed E-state index contributed by atoms with van der Waals surface area (Å²) >= 11 is 1.60. The zero-order valence-electron chi connectivity index (χ0n) is 28.8. The predicted octanol–water partition coefficient (Wildman–Crippen LogP) is 9.84. The molecule has 47 heavy (non-hydrogen) atoms. The first-order chi connectivity index (χ1) is 22.9. The number of thiazole rings is 1. The van der Waals surface area contributed by atoms with Crippen LogP contribution >= 0.6 is 19.2 Å². The van der Waals surface area contributed by atoms with E-state index in [1.807, 2.05) is 52.8 Å². The van der Waals surface area contributed by atoms with Gasteiger partial charge >= 0.3 is 7.82 Å². The highest BCUT2D eigenvalue weighted by atomic mass is 32.1. The minimum absolute atomic E-state index is 0.132. The number of hydrogen-bond acceptors (Lipinski definition) is 7. The van der Waals surface area contributed by atoms with Gasteiger partial charge in [-0.2, -0.15) is 4.57 Å². The van der Waals surface area contributed by atoms with Gasteiger partial charge in [-0.3, -0.25) is 9.42 Å². The van der Waals surface area contributed by atoms with Gasteiger partial charge in [0.15, 0.2) is 12.7 Å². The SMILES string of the molecule is CCCCCCCCCCCCCCCCOc1cccc(OCC(COP(=O)(O)Oc2cccc(C[n+]3ccsc3)c2)OC)c1C. The Labute approximate surface area is 287 Å². The fourth-order valence-corrected chi connectivity index (χ4v) is 6.74. The molecule has 1 aromatic heterocycles. The Balaban J connectivity index is 1.29. The lowest BCUT2D eigenvalue weighted by molar-refractivity contribution is -0.683. The molecule has 0 amide bonds. The highest BCUT2D eigenvalue weighted by molar-refractivity contribution is 7.47. The molecule has 0 aliphatic rings. The molecule has 0 radical (unpaired) electrons. The highest BCUT2D eigenvalue weighted by Gasteiger charge is 2.26. The Bertz CT molecular complexity index is 1290. The maximum Gasteiger partial charge on any atom is 0.527 e. The van der Waals surface area contributed by atoms with Crippen molar-refractivity contribution in [3.8, 4) is 17.2 Å². The van der Waals surface area contributed by atoms with E-state index in [1.54, 1.807) is 29.5 Å². The van der Waals surface area contributed by atoms with E-state index in [-0.39, 0.29) is 19.0 Å². The zero-order chi connectivity index (χ0) is 33.6. The third-order valence-corrected chi connectivity index (χ3v) is 9.77. The summed E-state index contributed by atoms with van der Waals surface area (Å²) in [6, 6.07) is 12.8. The van der Waals surface area contributed by atoms with Crippen LogP contribution in [0.15, 0.2) is 59.6 Å². The van der Waals surface area contributed by atoms with Crippen LogP contribution in [0.3, 0.4) is 0 Å². The van der Waals surface area contributed by atoms with Gasteiger partial charge in [-0.15, -0.1) is 0 Å². The highest BCUT2D eigenvalue weighted by Crippen LogP contribution is 2.44. The van der Waals surface area contributed by atoms with Crippen molar-refractivity contribution in [2.45, 2.75) is 116 Å². The molecule has 0 saturated heterocycles. The lowest BCUT2D eigenvalue weighted by Crippen LogP contribution is -2.30. The topological polar surface area (TPSA) is 87.3 Å². The maximum absolute atomic E-state index is 12.7. The van der Waals surface area contributed by atoms with Crippen LogP contribution in [0.1, 0.15) is 108 Å². The second kappa shape index (κ2) is 23.0. The normalized spacial score (nSPS) is 13.3. The number of ether oxygens (including phenoxy) is 3. The molecule has 2 atom stereocenters. The number of methoxy groups -OCH3 is 1. The van der Waals surface area contributed by atoms with Crippen LogP contribution in [0.2, 0.25) is 0 Å². The van der Waals surface area contributed by atoms with Crippen molar-refractivity contribution in [2.75, 3.05) is 26.9 Å². The van der Waals surface area contributed by atoms with Crippen LogP contribution in [0.5, 0.6) is 17.2 Å². The summed E-state index contributed by atoms with van der Waals surface area (Å²) in [5.41, 5.74) is 3.84. The molecule has 0 spiro atoms. The second-order valence-electron chi connectivity index (χ2n) is 12.2. The number of nitrogens with zero attached hydrogens (tertiary/aromatic N) is 1. The molecule has 2 aromatic carbocycles. The van der Waals surface area contributed by atoms with Gasteiger partial charge in [-0.1, -0.05) is 120 Å². The Kier molecular flexibility index (Phi) is 19.1. The van der Waals surface area contributed by atoms with Crippen LogP contribution < -0.4 is 18.6 Å². The Morgan fingerprint density at radius 3 is 2.06 bits per heavy atom. The lowest BCUT2D eigenvalue weighted by atomic mass is 10.0. The molecule has 0 aliphatic heterocycles. The molecule has 0 fully saturated rings. The van der Waals surface area contributed by atoms with E-state index in [0.717, 1.165) is 23.3 Å². The van der Waals surface area contributed by atoms with Crippen molar-refractivity contribution in [1.82, 2.24) is 0 Å². The molecular formula is C37H57NO7PS+. The molecule has 0 saturated carbocycles. The average Bonchev–Trinajstić information content (AvgIpc) is 3.57. The van der Waals surface area contributed by atoms with Gasteiger partial charge in [-0.25, -0.2) is 4.57 Å². The van der Waals surface area contributed by atoms with Gasteiger partial charge in [0.2, 0.25) is 5.51 Å². The smallest absolute Gasteiger partial charge is 0.493 e. The average molecular weight is 691 g/mol.